The summed E-state index contributed by atoms with van der Waals surface area (Å²) >= 11 is 6.11. The van der Waals surface area contributed by atoms with Gasteiger partial charge in [0.2, 0.25) is 5.95 Å². The van der Waals surface area contributed by atoms with Gasteiger partial charge in [-0.25, -0.2) is 4.98 Å². The molecule has 23 heavy (non-hydrogen) atoms. The van der Waals surface area contributed by atoms with Crippen LogP contribution >= 0.6 is 11.6 Å². The molecule has 2 aromatic rings. The van der Waals surface area contributed by atoms with E-state index in [1.54, 1.807) is 38.6 Å². The first-order valence-electron chi connectivity index (χ1n) is 7.12. The lowest BCUT2D eigenvalue weighted by atomic mass is 10.1. The van der Waals surface area contributed by atoms with E-state index in [4.69, 9.17) is 21.1 Å². The Labute approximate surface area is 141 Å². The van der Waals surface area contributed by atoms with Gasteiger partial charge in [-0.1, -0.05) is 11.6 Å². The van der Waals surface area contributed by atoms with Crippen molar-refractivity contribution in [1.82, 2.24) is 9.97 Å². The van der Waals surface area contributed by atoms with Crippen molar-refractivity contribution in [3.8, 4) is 11.5 Å². The first kappa shape index (κ1) is 17.1. The van der Waals surface area contributed by atoms with E-state index in [1.807, 2.05) is 20.8 Å². The molecule has 0 amide bonds. The van der Waals surface area contributed by atoms with Crippen molar-refractivity contribution >= 4 is 29.1 Å². The van der Waals surface area contributed by atoms with E-state index in [1.165, 1.54) is 0 Å². The van der Waals surface area contributed by atoms with Crippen LogP contribution in [0.1, 0.15) is 20.8 Å². The zero-order valence-corrected chi connectivity index (χ0v) is 14.7. The van der Waals surface area contributed by atoms with Gasteiger partial charge in [0.05, 0.1) is 24.9 Å². The Hall–Kier alpha value is -2.21. The van der Waals surface area contributed by atoms with Gasteiger partial charge in [0.1, 0.15) is 17.3 Å². The van der Waals surface area contributed by atoms with E-state index in [0.717, 1.165) is 0 Å². The third-order valence-corrected chi connectivity index (χ3v) is 3.17. The molecule has 1 heterocycles. The number of rotatable bonds is 5. The fraction of sp³-hybridized carbons (Fsp3) is 0.375. The molecule has 0 aliphatic carbocycles. The van der Waals surface area contributed by atoms with Crippen LogP contribution in [0.2, 0.25) is 5.02 Å². The highest BCUT2D eigenvalue weighted by atomic mass is 35.5. The van der Waals surface area contributed by atoms with Gasteiger partial charge in [-0.3, -0.25) is 0 Å². The van der Waals surface area contributed by atoms with Crippen LogP contribution in [0.25, 0.3) is 0 Å². The predicted octanol–water partition coefficient (Wildman–Crippen LogP) is 4.10. The van der Waals surface area contributed by atoms with Crippen molar-refractivity contribution in [2.75, 3.05) is 24.9 Å². The third kappa shape index (κ3) is 4.63. The van der Waals surface area contributed by atoms with Crippen molar-refractivity contribution in [3.05, 3.63) is 29.4 Å². The smallest absolute Gasteiger partial charge is 0.225 e. The number of halogens is 1. The molecule has 0 radical (unpaired) electrons. The van der Waals surface area contributed by atoms with Crippen LogP contribution in [-0.4, -0.2) is 29.7 Å². The third-order valence-electron chi connectivity index (χ3n) is 2.88. The number of anilines is 3. The number of aromatic nitrogens is 2. The summed E-state index contributed by atoms with van der Waals surface area (Å²) in [6.45, 7) is 6.14. The molecule has 0 saturated heterocycles. The molecule has 0 spiro atoms. The molecule has 2 rings (SSSR count). The zero-order chi connectivity index (χ0) is 17.0. The van der Waals surface area contributed by atoms with Gasteiger partial charge < -0.3 is 20.1 Å². The predicted molar refractivity (Wildman–Crippen MR) is 93.2 cm³/mol. The molecule has 0 fully saturated rings. The largest absolute Gasteiger partial charge is 0.495 e. The van der Waals surface area contributed by atoms with Crippen LogP contribution in [0.15, 0.2) is 24.4 Å². The number of ether oxygens (including phenoxy) is 2. The van der Waals surface area contributed by atoms with Crippen LogP contribution in [0.5, 0.6) is 11.5 Å². The maximum Gasteiger partial charge on any atom is 0.225 e. The highest BCUT2D eigenvalue weighted by Crippen LogP contribution is 2.37. The summed E-state index contributed by atoms with van der Waals surface area (Å²) in [5.74, 6) is 2.33. The second-order valence-corrected chi connectivity index (χ2v) is 6.36. The van der Waals surface area contributed by atoms with Gasteiger partial charge in [0, 0.05) is 23.9 Å². The highest BCUT2D eigenvalue weighted by molar-refractivity contribution is 6.32. The van der Waals surface area contributed by atoms with Gasteiger partial charge >= 0.3 is 0 Å². The van der Waals surface area contributed by atoms with Crippen molar-refractivity contribution in [2.45, 2.75) is 26.3 Å². The number of methoxy groups -OCH3 is 2. The SMILES string of the molecule is COc1cc(Nc2ccnc(NC(C)(C)C)n2)c(OC)cc1Cl. The van der Waals surface area contributed by atoms with Gasteiger partial charge in [0.15, 0.2) is 0 Å². The van der Waals surface area contributed by atoms with Gasteiger partial charge in [0.25, 0.3) is 0 Å². The summed E-state index contributed by atoms with van der Waals surface area (Å²) in [5.41, 5.74) is 0.578. The van der Waals surface area contributed by atoms with E-state index in [-0.39, 0.29) is 5.54 Å². The van der Waals surface area contributed by atoms with Crippen LogP contribution in [0.3, 0.4) is 0 Å². The molecule has 124 valence electrons. The average Bonchev–Trinajstić information content (AvgIpc) is 2.47. The first-order chi connectivity index (χ1) is 10.8. The van der Waals surface area contributed by atoms with Gasteiger partial charge in [-0.15, -0.1) is 0 Å². The lowest BCUT2D eigenvalue weighted by Gasteiger charge is -2.20. The second-order valence-electron chi connectivity index (χ2n) is 5.95. The van der Waals surface area contributed by atoms with Crippen molar-refractivity contribution in [3.63, 3.8) is 0 Å². The quantitative estimate of drug-likeness (QED) is 0.856. The lowest BCUT2D eigenvalue weighted by Crippen LogP contribution is -2.27. The topological polar surface area (TPSA) is 68.3 Å². The van der Waals surface area contributed by atoms with E-state index < -0.39 is 0 Å². The Morgan fingerprint density at radius 3 is 2.39 bits per heavy atom. The van der Waals surface area contributed by atoms with Gasteiger partial charge in [-0.2, -0.15) is 4.98 Å². The van der Waals surface area contributed by atoms with Crippen LogP contribution in [-0.2, 0) is 0 Å². The summed E-state index contributed by atoms with van der Waals surface area (Å²) in [7, 11) is 3.14. The Morgan fingerprint density at radius 1 is 1.09 bits per heavy atom. The second kappa shape index (κ2) is 6.91. The molecule has 0 bridgehead atoms. The van der Waals surface area contributed by atoms with E-state index in [9.17, 15) is 0 Å². The summed E-state index contributed by atoms with van der Waals surface area (Å²) < 4.78 is 10.6. The molecule has 0 aliphatic heterocycles. The normalized spacial score (nSPS) is 11.0. The zero-order valence-electron chi connectivity index (χ0n) is 13.9. The number of benzene rings is 1. The molecular weight excluding hydrogens is 316 g/mol. The molecule has 0 saturated carbocycles. The molecule has 0 aliphatic rings. The summed E-state index contributed by atoms with van der Waals surface area (Å²) in [5, 5.41) is 6.90. The van der Waals surface area contributed by atoms with E-state index in [0.29, 0.717) is 34.0 Å². The van der Waals surface area contributed by atoms with Crippen LogP contribution in [0, 0.1) is 0 Å². The average molecular weight is 337 g/mol. The fourth-order valence-electron chi connectivity index (χ4n) is 1.92. The lowest BCUT2D eigenvalue weighted by molar-refractivity contribution is 0.405. The molecule has 0 unspecified atom stereocenters. The maximum absolute atomic E-state index is 6.11. The summed E-state index contributed by atoms with van der Waals surface area (Å²) in [4.78, 5) is 8.66. The Kier molecular flexibility index (Phi) is 5.15. The minimum atomic E-state index is -0.125. The number of hydrogen-bond donors (Lipinski definition) is 2. The minimum Gasteiger partial charge on any atom is -0.495 e. The Balaban J connectivity index is 2.30. The minimum absolute atomic E-state index is 0.125. The van der Waals surface area contributed by atoms with Gasteiger partial charge in [-0.05, 0) is 26.8 Å². The van der Waals surface area contributed by atoms with E-state index >= 15 is 0 Å². The molecule has 1 aromatic heterocycles. The molecule has 6 nitrogen and oxygen atoms in total. The standard InChI is InChI=1S/C16H21ClN4O2/c1-16(2,3)21-15-18-7-6-14(20-15)19-11-9-12(22-4)10(17)8-13(11)23-5/h6-9H,1-5H3,(H2,18,19,20,21). The fourth-order valence-corrected chi connectivity index (χ4v) is 2.15. The monoisotopic (exact) mass is 336 g/mol. The molecule has 1 aromatic carbocycles. The molecular formula is C16H21ClN4O2. The number of hydrogen-bond acceptors (Lipinski definition) is 6. The van der Waals surface area contributed by atoms with Crippen molar-refractivity contribution < 1.29 is 9.47 Å². The first-order valence-corrected chi connectivity index (χ1v) is 7.50. The number of nitrogens with zero attached hydrogens (tertiary/aromatic N) is 2. The molecule has 0 atom stereocenters. The van der Waals surface area contributed by atoms with Crippen LogP contribution in [0.4, 0.5) is 17.5 Å². The summed E-state index contributed by atoms with van der Waals surface area (Å²) in [6.07, 6.45) is 1.68. The Bertz CT molecular complexity index is 686. The van der Waals surface area contributed by atoms with Crippen LogP contribution < -0.4 is 20.1 Å². The van der Waals surface area contributed by atoms with Crippen molar-refractivity contribution in [2.24, 2.45) is 0 Å². The van der Waals surface area contributed by atoms with E-state index in [2.05, 4.69) is 20.6 Å². The Morgan fingerprint density at radius 2 is 1.78 bits per heavy atom. The summed E-state index contributed by atoms with van der Waals surface area (Å²) in [6, 6.07) is 5.23. The molecule has 2 N–H and O–H groups in total. The van der Waals surface area contributed by atoms with Crippen molar-refractivity contribution in [1.29, 1.82) is 0 Å². The molecule has 7 heteroatoms. The maximum atomic E-state index is 6.11. The number of nitrogens with one attached hydrogen (secondary N) is 2. The highest BCUT2D eigenvalue weighted by Gasteiger charge is 2.13.